The molecule has 0 saturated carbocycles. The number of hydrogen-bond acceptors (Lipinski definition) is 5. The quantitative estimate of drug-likeness (QED) is 0.742. The first-order valence-electron chi connectivity index (χ1n) is 9.91. The van der Waals surface area contributed by atoms with Gasteiger partial charge >= 0.3 is 0 Å². The topological polar surface area (TPSA) is 75.9 Å². The lowest BCUT2D eigenvalue weighted by Crippen LogP contribution is -2.49. The molecule has 0 radical (unpaired) electrons. The Morgan fingerprint density at radius 3 is 2.38 bits per heavy atom. The predicted molar refractivity (Wildman–Crippen MR) is 106 cm³/mol. The van der Waals surface area contributed by atoms with Crippen molar-refractivity contribution in [1.29, 1.82) is 0 Å². The molecule has 3 unspecified atom stereocenters. The number of benzene rings is 1. The van der Waals surface area contributed by atoms with Gasteiger partial charge in [0.1, 0.15) is 17.7 Å². The molecule has 1 aromatic rings. The monoisotopic (exact) mass is 427 g/mol. The molecule has 160 valence electrons. The molecule has 0 aliphatic carbocycles. The van der Waals surface area contributed by atoms with Crippen LogP contribution in [0.1, 0.15) is 31.9 Å². The number of sulfonamides is 1. The van der Waals surface area contributed by atoms with E-state index in [9.17, 15) is 17.2 Å². The minimum atomic E-state index is -3.25. The maximum atomic E-state index is 14.1. The van der Waals surface area contributed by atoms with Crippen LogP contribution in [0.5, 0.6) is 0 Å². The summed E-state index contributed by atoms with van der Waals surface area (Å²) in [6.07, 6.45) is -0.0640. The summed E-state index contributed by atoms with van der Waals surface area (Å²) in [4.78, 5) is 2.25. The fourth-order valence-corrected chi connectivity index (χ4v) is 5.73. The van der Waals surface area contributed by atoms with Crippen molar-refractivity contribution in [1.82, 2.24) is 9.21 Å². The summed E-state index contributed by atoms with van der Waals surface area (Å²) in [5, 5.41) is -0.427. The summed E-state index contributed by atoms with van der Waals surface area (Å²) in [5.74, 6) is -1.03. The first-order chi connectivity index (χ1) is 13.7. The van der Waals surface area contributed by atoms with Crippen LogP contribution in [0.4, 0.5) is 8.78 Å². The lowest BCUT2D eigenvalue weighted by molar-refractivity contribution is -0.0467. The smallest absolute Gasteiger partial charge is 0.217 e. The molecule has 0 spiro atoms. The molecule has 3 aliphatic rings. The molecule has 4 rings (SSSR count). The van der Waals surface area contributed by atoms with Gasteiger partial charge in [0.25, 0.3) is 0 Å². The Kier molecular flexibility index (Phi) is 5.54. The van der Waals surface area contributed by atoms with E-state index >= 15 is 0 Å². The normalized spacial score (nSPS) is 29.1. The van der Waals surface area contributed by atoms with Crippen molar-refractivity contribution in [3.05, 3.63) is 46.5 Å². The highest BCUT2D eigenvalue weighted by Gasteiger charge is 2.41. The first kappa shape index (κ1) is 20.9. The van der Waals surface area contributed by atoms with Crippen LogP contribution >= 0.6 is 0 Å². The van der Waals surface area contributed by atoms with Crippen LogP contribution in [-0.2, 0) is 14.8 Å². The van der Waals surface area contributed by atoms with Crippen molar-refractivity contribution < 1.29 is 21.9 Å². The molecule has 9 heteroatoms. The highest BCUT2D eigenvalue weighted by Crippen LogP contribution is 2.35. The van der Waals surface area contributed by atoms with Gasteiger partial charge in [-0.15, -0.1) is 0 Å². The molecule has 0 aromatic heterocycles. The number of hydrogen-bond donors (Lipinski definition) is 1. The standard InChI is InChI=1S/C20H27F2N3O3S/c1-12(2)29(26,27)25-9-13-7-24(8-14(13)10-25)16-6-19(23)20(28-11-16)17-5-15(21)3-4-18(17)22/h3-5,12,16,19-20H,6-11,23H2,1-2H3. The van der Waals surface area contributed by atoms with Crippen LogP contribution in [0.25, 0.3) is 0 Å². The van der Waals surface area contributed by atoms with Crippen LogP contribution in [-0.4, -0.2) is 67.7 Å². The second kappa shape index (κ2) is 7.70. The van der Waals surface area contributed by atoms with Gasteiger partial charge in [0.2, 0.25) is 10.0 Å². The zero-order valence-corrected chi connectivity index (χ0v) is 17.5. The summed E-state index contributed by atoms with van der Waals surface area (Å²) in [7, 11) is -3.25. The van der Waals surface area contributed by atoms with E-state index in [0.717, 1.165) is 29.3 Å². The van der Waals surface area contributed by atoms with E-state index in [1.165, 1.54) is 0 Å². The molecule has 0 amide bonds. The van der Waals surface area contributed by atoms with Gasteiger partial charge in [0.15, 0.2) is 0 Å². The van der Waals surface area contributed by atoms with Gasteiger partial charge < -0.3 is 10.5 Å². The van der Waals surface area contributed by atoms with Crippen LogP contribution in [0.15, 0.2) is 29.3 Å². The van der Waals surface area contributed by atoms with Gasteiger partial charge in [-0.2, -0.15) is 4.31 Å². The lowest BCUT2D eigenvalue weighted by Gasteiger charge is -2.39. The zero-order valence-electron chi connectivity index (χ0n) is 16.6. The van der Waals surface area contributed by atoms with Crippen molar-refractivity contribution in [3.63, 3.8) is 0 Å². The Labute approximate surface area is 170 Å². The summed E-state index contributed by atoms with van der Waals surface area (Å²) in [5.41, 5.74) is 8.74. The number of ether oxygens (including phenoxy) is 1. The Morgan fingerprint density at radius 2 is 1.79 bits per heavy atom. The van der Waals surface area contributed by atoms with Crippen LogP contribution in [0.3, 0.4) is 0 Å². The second-order valence-electron chi connectivity index (χ2n) is 8.45. The van der Waals surface area contributed by atoms with E-state index < -0.39 is 39.1 Å². The van der Waals surface area contributed by atoms with Crippen LogP contribution in [0.2, 0.25) is 0 Å². The number of nitrogens with zero attached hydrogens (tertiary/aromatic N) is 2. The summed E-state index contributed by atoms with van der Waals surface area (Å²) >= 11 is 0. The van der Waals surface area contributed by atoms with E-state index in [0.29, 0.717) is 39.2 Å². The summed E-state index contributed by atoms with van der Waals surface area (Å²) in [6, 6.07) is 2.95. The molecular weight excluding hydrogens is 400 g/mol. The van der Waals surface area contributed by atoms with Crippen LogP contribution in [0, 0.1) is 11.6 Å². The maximum Gasteiger partial charge on any atom is 0.217 e. The molecule has 1 saturated heterocycles. The Balaban J connectivity index is 1.37. The summed E-state index contributed by atoms with van der Waals surface area (Å²) in [6.45, 7) is 6.06. The SMILES string of the molecule is CC(C)S(=O)(=O)N1CC2=C(CN(C3COC(c4cc(F)ccc4F)C(N)C3)C2)C1. The molecule has 3 atom stereocenters. The number of rotatable bonds is 4. The van der Waals surface area contributed by atoms with E-state index in [-0.39, 0.29) is 11.6 Å². The minimum absolute atomic E-state index is 0.0682. The molecule has 29 heavy (non-hydrogen) atoms. The Morgan fingerprint density at radius 1 is 1.14 bits per heavy atom. The van der Waals surface area contributed by atoms with Gasteiger partial charge in [-0.25, -0.2) is 17.2 Å². The van der Waals surface area contributed by atoms with E-state index in [4.69, 9.17) is 10.5 Å². The molecule has 3 aliphatic heterocycles. The average molecular weight is 428 g/mol. The Hall–Kier alpha value is -1.39. The van der Waals surface area contributed by atoms with Crippen molar-refractivity contribution >= 4 is 10.0 Å². The minimum Gasteiger partial charge on any atom is -0.370 e. The third-order valence-electron chi connectivity index (χ3n) is 6.16. The van der Waals surface area contributed by atoms with E-state index in [1.54, 1.807) is 18.2 Å². The van der Waals surface area contributed by atoms with Gasteiger partial charge in [0.05, 0.1) is 11.9 Å². The maximum absolute atomic E-state index is 14.1. The van der Waals surface area contributed by atoms with Crippen molar-refractivity contribution in [2.45, 2.75) is 43.7 Å². The lowest BCUT2D eigenvalue weighted by atomic mass is 9.93. The highest BCUT2D eigenvalue weighted by atomic mass is 32.2. The van der Waals surface area contributed by atoms with Crippen molar-refractivity contribution in [2.24, 2.45) is 5.73 Å². The van der Waals surface area contributed by atoms with E-state index in [1.807, 2.05) is 0 Å². The fourth-order valence-electron chi connectivity index (χ4n) is 4.46. The van der Waals surface area contributed by atoms with Crippen molar-refractivity contribution in [2.75, 3.05) is 32.8 Å². The molecule has 6 nitrogen and oxygen atoms in total. The number of halogens is 2. The molecule has 3 heterocycles. The first-order valence-corrected chi connectivity index (χ1v) is 11.4. The van der Waals surface area contributed by atoms with Gasteiger partial charge in [-0.1, -0.05) is 0 Å². The third kappa shape index (κ3) is 3.86. The zero-order chi connectivity index (χ0) is 20.9. The predicted octanol–water partition coefficient (Wildman–Crippen LogP) is 1.79. The second-order valence-corrected chi connectivity index (χ2v) is 10.9. The van der Waals surface area contributed by atoms with Crippen LogP contribution < -0.4 is 5.73 Å². The summed E-state index contributed by atoms with van der Waals surface area (Å²) < 4.78 is 59.9. The molecule has 1 fully saturated rings. The van der Waals surface area contributed by atoms with E-state index in [2.05, 4.69) is 4.90 Å². The molecule has 1 aromatic carbocycles. The Bertz CT molecular complexity index is 917. The highest BCUT2D eigenvalue weighted by molar-refractivity contribution is 7.89. The molecular formula is C20H27F2N3O3S. The third-order valence-corrected chi connectivity index (χ3v) is 8.33. The molecule has 0 bridgehead atoms. The van der Waals surface area contributed by atoms with Crippen molar-refractivity contribution in [3.8, 4) is 0 Å². The van der Waals surface area contributed by atoms with Gasteiger partial charge in [-0.3, -0.25) is 4.90 Å². The number of nitrogens with two attached hydrogens (primary N) is 1. The fraction of sp³-hybridized carbons (Fsp3) is 0.600. The largest absolute Gasteiger partial charge is 0.370 e. The average Bonchev–Trinajstić information content (AvgIpc) is 3.23. The molecule has 2 N–H and O–H groups in total. The van der Waals surface area contributed by atoms with Gasteiger partial charge in [0, 0.05) is 43.8 Å². The van der Waals surface area contributed by atoms with Gasteiger partial charge in [-0.05, 0) is 49.6 Å².